The predicted molar refractivity (Wildman–Crippen MR) is 158 cm³/mol. The van der Waals surface area contributed by atoms with Crippen LogP contribution in [0.1, 0.15) is 24.4 Å². The van der Waals surface area contributed by atoms with Crippen molar-refractivity contribution in [2.75, 3.05) is 31.1 Å². The highest BCUT2D eigenvalue weighted by molar-refractivity contribution is 6.00. The van der Waals surface area contributed by atoms with Gasteiger partial charge in [-0.1, -0.05) is 18.2 Å². The first kappa shape index (κ1) is 26.6. The standard InChI is InChI=1S/C30H29N9O4/c1-36-25-12-18(2-5-23(25)39(30(36)43)24-6-7-27(40)34-29(24)42)13-28(41)38-10-8-37(9-11-38)26-17-31-16-22(33-26)19-3-4-20-15-32-35-21(20)14-19/h2-5,12,14-17,24H,6-11,13H2,1H3,(H,32,35)(H,34,40,42). The minimum absolute atomic E-state index is 0.000688. The zero-order valence-electron chi connectivity index (χ0n) is 23.5. The number of H-pyrrole nitrogens is 1. The summed E-state index contributed by atoms with van der Waals surface area (Å²) >= 11 is 0. The summed E-state index contributed by atoms with van der Waals surface area (Å²) in [5, 5.41) is 10.5. The van der Waals surface area contributed by atoms with Crippen molar-refractivity contribution in [3.8, 4) is 11.3 Å². The zero-order valence-corrected chi connectivity index (χ0v) is 23.5. The molecule has 3 amide bonds. The van der Waals surface area contributed by atoms with E-state index in [9.17, 15) is 19.2 Å². The molecule has 218 valence electrons. The number of carbonyl (C=O) groups excluding carboxylic acids is 3. The van der Waals surface area contributed by atoms with Crippen molar-refractivity contribution in [2.45, 2.75) is 25.3 Å². The van der Waals surface area contributed by atoms with Gasteiger partial charge in [-0.05, 0) is 30.2 Å². The number of aromatic amines is 1. The number of imide groups is 1. The third-order valence-electron chi connectivity index (χ3n) is 8.34. The molecule has 7 rings (SSSR count). The van der Waals surface area contributed by atoms with E-state index in [0.29, 0.717) is 37.2 Å². The molecule has 1 atom stereocenters. The van der Waals surface area contributed by atoms with E-state index < -0.39 is 11.9 Å². The van der Waals surface area contributed by atoms with Gasteiger partial charge >= 0.3 is 5.69 Å². The molecule has 2 N–H and O–H groups in total. The molecule has 2 fully saturated rings. The lowest BCUT2D eigenvalue weighted by molar-refractivity contribution is -0.136. The molecule has 2 saturated heterocycles. The number of imidazole rings is 1. The molecule has 0 aliphatic carbocycles. The van der Waals surface area contributed by atoms with E-state index in [1.54, 1.807) is 25.5 Å². The topological polar surface area (TPSA) is 151 Å². The van der Waals surface area contributed by atoms with Gasteiger partial charge in [0.2, 0.25) is 17.7 Å². The van der Waals surface area contributed by atoms with Gasteiger partial charge < -0.3 is 9.80 Å². The van der Waals surface area contributed by atoms with E-state index in [1.807, 2.05) is 41.4 Å². The molecule has 0 spiro atoms. The Bertz CT molecular complexity index is 1970. The molecule has 5 heterocycles. The Morgan fingerprint density at radius 2 is 1.84 bits per heavy atom. The third kappa shape index (κ3) is 4.82. The molecule has 0 bridgehead atoms. The number of piperidine rings is 1. The summed E-state index contributed by atoms with van der Waals surface area (Å²) in [6, 6.07) is 10.7. The highest BCUT2D eigenvalue weighted by atomic mass is 16.2. The van der Waals surface area contributed by atoms with Gasteiger partial charge in [0, 0.05) is 56.8 Å². The van der Waals surface area contributed by atoms with Gasteiger partial charge in [0.1, 0.15) is 11.9 Å². The number of anilines is 1. The summed E-state index contributed by atoms with van der Waals surface area (Å²) in [4.78, 5) is 63.6. The number of piperazine rings is 1. The number of benzene rings is 2. The van der Waals surface area contributed by atoms with Crippen LogP contribution in [0.2, 0.25) is 0 Å². The molecule has 43 heavy (non-hydrogen) atoms. The van der Waals surface area contributed by atoms with Crippen molar-refractivity contribution in [1.82, 2.24) is 39.5 Å². The number of nitrogens with zero attached hydrogens (tertiary/aromatic N) is 7. The van der Waals surface area contributed by atoms with Crippen LogP contribution >= 0.6 is 0 Å². The van der Waals surface area contributed by atoms with E-state index in [4.69, 9.17) is 4.98 Å². The van der Waals surface area contributed by atoms with Crippen molar-refractivity contribution in [3.05, 3.63) is 71.0 Å². The van der Waals surface area contributed by atoms with Crippen LogP contribution in [0, 0.1) is 0 Å². The summed E-state index contributed by atoms with van der Waals surface area (Å²) in [6.45, 7) is 2.36. The van der Waals surface area contributed by atoms with Crippen LogP contribution in [0.4, 0.5) is 5.82 Å². The quantitative estimate of drug-likeness (QED) is 0.298. The van der Waals surface area contributed by atoms with Gasteiger partial charge in [-0.15, -0.1) is 0 Å². The number of rotatable bonds is 5. The molecule has 2 aromatic carbocycles. The van der Waals surface area contributed by atoms with Crippen LogP contribution in [-0.4, -0.2) is 78.1 Å². The summed E-state index contributed by atoms with van der Waals surface area (Å²) in [5.41, 5.74) is 4.24. The van der Waals surface area contributed by atoms with Gasteiger partial charge in [0.15, 0.2) is 0 Å². The third-order valence-corrected chi connectivity index (χ3v) is 8.34. The van der Waals surface area contributed by atoms with Gasteiger partial charge in [-0.3, -0.25) is 38.9 Å². The molecule has 13 heteroatoms. The largest absolute Gasteiger partial charge is 0.352 e. The van der Waals surface area contributed by atoms with E-state index in [2.05, 4.69) is 25.4 Å². The van der Waals surface area contributed by atoms with Gasteiger partial charge in [0.05, 0.1) is 41.1 Å². The zero-order chi connectivity index (χ0) is 29.7. The van der Waals surface area contributed by atoms with Gasteiger partial charge in [-0.25, -0.2) is 9.78 Å². The minimum atomic E-state index is -0.747. The lowest BCUT2D eigenvalue weighted by atomic mass is 10.1. The number of hydrogen-bond donors (Lipinski definition) is 2. The molecule has 0 saturated carbocycles. The molecular weight excluding hydrogens is 550 g/mol. The predicted octanol–water partition coefficient (Wildman–Crippen LogP) is 1.54. The molecule has 0 radical (unpaired) electrons. The maximum atomic E-state index is 13.3. The van der Waals surface area contributed by atoms with Crippen molar-refractivity contribution in [3.63, 3.8) is 0 Å². The number of aryl methyl sites for hydroxylation is 1. The molecule has 1 unspecified atom stereocenters. The Labute approximate surface area is 245 Å². The van der Waals surface area contributed by atoms with E-state index >= 15 is 0 Å². The molecular formula is C30H29N9O4. The van der Waals surface area contributed by atoms with Crippen LogP contribution in [0.3, 0.4) is 0 Å². The first-order valence-corrected chi connectivity index (χ1v) is 14.2. The van der Waals surface area contributed by atoms with Crippen LogP contribution in [0.5, 0.6) is 0 Å². The minimum Gasteiger partial charge on any atom is -0.352 e. The number of aromatic nitrogens is 6. The number of hydrogen-bond acceptors (Lipinski definition) is 8. The number of fused-ring (bicyclic) bond motifs is 2. The summed E-state index contributed by atoms with van der Waals surface area (Å²) in [6.07, 6.45) is 5.98. The Morgan fingerprint density at radius 1 is 1.00 bits per heavy atom. The van der Waals surface area contributed by atoms with Gasteiger partial charge in [0.25, 0.3) is 0 Å². The fourth-order valence-electron chi connectivity index (χ4n) is 5.96. The van der Waals surface area contributed by atoms with Crippen LogP contribution in [-0.2, 0) is 27.9 Å². The van der Waals surface area contributed by atoms with Crippen LogP contribution < -0.4 is 15.9 Å². The first-order valence-electron chi connectivity index (χ1n) is 14.2. The fourth-order valence-corrected chi connectivity index (χ4v) is 5.96. The maximum absolute atomic E-state index is 13.3. The molecule has 3 aromatic heterocycles. The van der Waals surface area contributed by atoms with E-state index in [-0.39, 0.29) is 36.8 Å². The molecule has 2 aliphatic rings. The lowest BCUT2D eigenvalue weighted by Crippen LogP contribution is -2.49. The van der Waals surface area contributed by atoms with Crippen molar-refractivity contribution in [2.24, 2.45) is 7.05 Å². The summed E-state index contributed by atoms with van der Waals surface area (Å²) < 4.78 is 2.92. The van der Waals surface area contributed by atoms with Crippen LogP contribution in [0.25, 0.3) is 33.2 Å². The highest BCUT2D eigenvalue weighted by Crippen LogP contribution is 2.25. The Hall–Kier alpha value is -5.33. The molecule has 5 aromatic rings. The summed E-state index contributed by atoms with van der Waals surface area (Å²) in [7, 11) is 1.64. The molecule has 13 nitrogen and oxygen atoms in total. The van der Waals surface area contributed by atoms with Crippen LogP contribution in [0.15, 0.2) is 59.8 Å². The average Bonchev–Trinajstić information content (AvgIpc) is 3.59. The fraction of sp³-hybridized carbons (Fsp3) is 0.300. The SMILES string of the molecule is Cn1c(=O)n(C2CCC(=O)NC2=O)c2ccc(CC(=O)N3CCN(c4cncc(-c5ccc6c[nH]nc6c5)n4)CC3)cc21. The van der Waals surface area contributed by atoms with Gasteiger partial charge in [-0.2, -0.15) is 5.10 Å². The Balaban J connectivity index is 1.02. The first-order chi connectivity index (χ1) is 20.9. The molecule has 2 aliphatic heterocycles. The van der Waals surface area contributed by atoms with Crippen molar-refractivity contribution >= 4 is 45.5 Å². The Morgan fingerprint density at radius 3 is 2.65 bits per heavy atom. The normalized spacial score (nSPS) is 17.6. The second-order valence-corrected chi connectivity index (χ2v) is 11.0. The highest BCUT2D eigenvalue weighted by Gasteiger charge is 2.31. The van der Waals surface area contributed by atoms with E-state index in [0.717, 1.165) is 33.5 Å². The monoisotopic (exact) mass is 579 g/mol. The second-order valence-electron chi connectivity index (χ2n) is 11.0. The average molecular weight is 580 g/mol. The lowest BCUT2D eigenvalue weighted by Gasteiger charge is -2.35. The maximum Gasteiger partial charge on any atom is 0.329 e. The number of carbonyl (C=O) groups is 3. The smallest absolute Gasteiger partial charge is 0.329 e. The number of amides is 3. The second kappa shape index (κ2) is 10.5. The van der Waals surface area contributed by atoms with Crippen molar-refractivity contribution in [1.29, 1.82) is 0 Å². The number of nitrogens with one attached hydrogen (secondary N) is 2. The Kier molecular flexibility index (Phi) is 6.48. The van der Waals surface area contributed by atoms with Crippen molar-refractivity contribution < 1.29 is 14.4 Å². The summed E-state index contributed by atoms with van der Waals surface area (Å²) in [5.74, 6) is -0.0437. The van der Waals surface area contributed by atoms with E-state index in [1.165, 1.54) is 9.13 Å².